The molecule has 0 bridgehead atoms. The van der Waals surface area contributed by atoms with Gasteiger partial charge in [0.15, 0.2) is 0 Å². The summed E-state index contributed by atoms with van der Waals surface area (Å²) < 4.78 is 16.7. The van der Waals surface area contributed by atoms with Gasteiger partial charge in [0.2, 0.25) is 0 Å². The Morgan fingerprint density at radius 1 is 1.26 bits per heavy atom. The smallest absolute Gasteiger partial charge is 0.139 e. The summed E-state index contributed by atoms with van der Waals surface area (Å²) in [6, 6.07) is 1.80. The van der Waals surface area contributed by atoms with E-state index < -0.39 is 6.10 Å². The summed E-state index contributed by atoms with van der Waals surface area (Å²) in [4.78, 5) is 0. The van der Waals surface area contributed by atoms with Crippen molar-refractivity contribution in [1.29, 1.82) is 0 Å². The fraction of sp³-hybridized carbons (Fsp3) is 0.467. The first-order chi connectivity index (χ1) is 8.89. The average Bonchev–Trinajstić information content (AvgIpc) is 2.34. The first kappa shape index (κ1) is 13.7. The van der Waals surface area contributed by atoms with Crippen LogP contribution < -0.4 is 14.2 Å². The van der Waals surface area contributed by atoms with Gasteiger partial charge in [-0.15, -0.1) is 0 Å². The van der Waals surface area contributed by atoms with Crippen molar-refractivity contribution >= 4 is 6.08 Å². The van der Waals surface area contributed by atoms with Gasteiger partial charge in [0.25, 0.3) is 0 Å². The molecule has 1 aliphatic rings. The minimum absolute atomic E-state index is 0.366. The standard InChI is InChI=1S/C15H20O4/c1-9(16)13-12(17-4)8-11-10(14(13)18-5)6-7-15(2,3)19-11/h6-9,16H,1-5H3. The summed E-state index contributed by atoms with van der Waals surface area (Å²) in [5, 5.41) is 9.93. The summed E-state index contributed by atoms with van der Waals surface area (Å²) in [6.07, 6.45) is 3.25. The van der Waals surface area contributed by atoms with Crippen molar-refractivity contribution in [1.82, 2.24) is 0 Å². The zero-order valence-electron chi connectivity index (χ0n) is 12.0. The number of ether oxygens (including phenoxy) is 3. The molecule has 0 aromatic heterocycles. The maximum atomic E-state index is 9.93. The van der Waals surface area contributed by atoms with Crippen LogP contribution in [0, 0.1) is 0 Å². The van der Waals surface area contributed by atoms with Gasteiger partial charge in [0.1, 0.15) is 22.8 Å². The molecule has 4 nitrogen and oxygen atoms in total. The molecule has 0 fully saturated rings. The van der Waals surface area contributed by atoms with Crippen LogP contribution in [0.3, 0.4) is 0 Å². The predicted molar refractivity (Wildman–Crippen MR) is 73.9 cm³/mol. The third-order valence-corrected chi connectivity index (χ3v) is 3.15. The summed E-state index contributed by atoms with van der Waals surface area (Å²) in [6.45, 7) is 5.64. The van der Waals surface area contributed by atoms with Crippen LogP contribution in [0.2, 0.25) is 0 Å². The molecule has 1 heterocycles. The quantitative estimate of drug-likeness (QED) is 0.911. The van der Waals surface area contributed by atoms with E-state index in [1.807, 2.05) is 26.0 Å². The summed E-state index contributed by atoms with van der Waals surface area (Å²) >= 11 is 0. The normalized spacial score (nSPS) is 17.4. The molecule has 2 rings (SSSR count). The van der Waals surface area contributed by atoms with E-state index in [9.17, 15) is 5.11 Å². The lowest BCUT2D eigenvalue weighted by Crippen LogP contribution is -2.27. The minimum atomic E-state index is -0.682. The van der Waals surface area contributed by atoms with Crippen LogP contribution >= 0.6 is 0 Å². The number of fused-ring (bicyclic) bond motifs is 1. The van der Waals surface area contributed by atoms with Crippen molar-refractivity contribution in [3.05, 3.63) is 23.3 Å². The molecule has 0 amide bonds. The Labute approximate surface area is 113 Å². The van der Waals surface area contributed by atoms with Gasteiger partial charge >= 0.3 is 0 Å². The molecule has 1 unspecified atom stereocenters. The first-order valence-corrected chi connectivity index (χ1v) is 6.25. The Balaban J connectivity index is 2.68. The molecule has 1 aromatic rings. The van der Waals surface area contributed by atoms with Crippen molar-refractivity contribution in [3.8, 4) is 17.2 Å². The van der Waals surface area contributed by atoms with Crippen molar-refractivity contribution in [2.75, 3.05) is 14.2 Å². The van der Waals surface area contributed by atoms with Gasteiger partial charge in [-0.1, -0.05) is 0 Å². The highest BCUT2D eigenvalue weighted by Gasteiger charge is 2.28. The number of hydrogen-bond acceptors (Lipinski definition) is 4. The lowest BCUT2D eigenvalue weighted by molar-refractivity contribution is 0.156. The van der Waals surface area contributed by atoms with Crippen LogP contribution in [0.15, 0.2) is 12.1 Å². The van der Waals surface area contributed by atoms with Crippen LogP contribution in [0.4, 0.5) is 0 Å². The Morgan fingerprint density at radius 3 is 2.47 bits per heavy atom. The highest BCUT2D eigenvalue weighted by molar-refractivity contribution is 5.72. The molecule has 1 aromatic carbocycles. The van der Waals surface area contributed by atoms with E-state index in [2.05, 4.69) is 0 Å². The fourth-order valence-electron chi connectivity index (χ4n) is 2.27. The monoisotopic (exact) mass is 264 g/mol. The second-order valence-electron chi connectivity index (χ2n) is 5.15. The van der Waals surface area contributed by atoms with E-state index in [1.165, 1.54) is 0 Å². The molecule has 19 heavy (non-hydrogen) atoms. The first-order valence-electron chi connectivity index (χ1n) is 6.25. The zero-order valence-corrected chi connectivity index (χ0v) is 12.0. The van der Waals surface area contributed by atoms with Crippen LogP contribution in [-0.4, -0.2) is 24.9 Å². The third kappa shape index (κ3) is 2.40. The fourth-order valence-corrected chi connectivity index (χ4v) is 2.27. The van der Waals surface area contributed by atoms with Crippen molar-refractivity contribution in [2.24, 2.45) is 0 Å². The Hall–Kier alpha value is -1.68. The number of aliphatic hydroxyl groups excluding tert-OH is 1. The third-order valence-electron chi connectivity index (χ3n) is 3.15. The maximum Gasteiger partial charge on any atom is 0.139 e. The molecule has 0 radical (unpaired) electrons. The van der Waals surface area contributed by atoms with Gasteiger partial charge in [-0.2, -0.15) is 0 Å². The molecule has 104 valence electrons. The number of methoxy groups -OCH3 is 2. The Morgan fingerprint density at radius 2 is 1.95 bits per heavy atom. The predicted octanol–water partition coefficient (Wildman–Crippen LogP) is 2.94. The largest absolute Gasteiger partial charge is 0.496 e. The molecule has 1 N–H and O–H groups in total. The highest BCUT2D eigenvalue weighted by atomic mass is 16.5. The highest BCUT2D eigenvalue weighted by Crippen LogP contribution is 2.45. The molecular weight excluding hydrogens is 244 g/mol. The van der Waals surface area contributed by atoms with Gasteiger partial charge in [-0.25, -0.2) is 0 Å². The van der Waals surface area contributed by atoms with E-state index in [0.29, 0.717) is 22.8 Å². The maximum absolute atomic E-state index is 9.93. The second-order valence-corrected chi connectivity index (χ2v) is 5.15. The van der Waals surface area contributed by atoms with Crippen molar-refractivity contribution in [2.45, 2.75) is 32.5 Å². The SMILES string of the molecule is COc1cc2c(c(OC)c1C(C)O)C=CC(C)(C)O2. The molecule has 0 saturated heterocycles. The number of rotatable bonds is 3. The Bertz CT molecular complexity index is 515. The summed E-state index contributed by atoms with van der Waals surface area (Å²) in [5.41, 5.74) is 1.10. The van der Waals surface area contributed by atoms with Crippen LogP contribution in [0.5, 0.6) is 17.2 Å². The molecule has 1 aliphatic heterocycles. The van der Waals surface area contributed by atoms with Crippen molar-refractivity contribution < 1.29 is 19.3 Å². The molecule has 4 heteroatoms. The topological polar surface area (TPSA) is 47.9 Å². The Kier molecular flexibility index (Phi) is 3.45. The molecule has 1 atom stereocenters. The molecule has 0 aliphatic carbocycles. The summed E-state index contributed by atoms with van der Waals surface area (Å²) in [5.74, 6) is 1.86. The second kappa shape index (κ2) is 4.78. The number of aliphatic hydroxyl groups is 1. The van der Waals surface area contributed by atoms with Crippen LogP contribution in [0.25, 0.3) is 6.08 Å². The lowest BCUT2D eigenvalue weighted by Gasteiger charge is -2.30. The van der Waals surface area contributed by atoms with Crippen LogP contribution in [-0.2, 0) is 0 Å². The van der Waals surface area contributed by atoms with Gasteiger partial charge in [-0.05, 0) is 32.9 Å². The van der Waals surface area contributed by atoms with E-state index in [-0.39, 0.29) is 5.60 Å². The zero-order chi connectivity index (χ0) is 14.2. The van der Waals surface area contributed by atoms with Gasteiger partial charge in [0.05, 0.1) is 31.5 Å². The molecule has 0 saturated carbocycles. The van der Waals surface area contributed by atoms with Gasteiger partial charge in [0, 0.05) is 6.07 Å². The number of benzene rings is 1. The van der Waals surface area contributed by atoms with Crippen molar-refractivity contribution in [3.63, 3.8) is 0 Å². The average molecular weight is 264 g/mol. The lowest BCUT2D eigenvalue weighted by atomic mass is 9.97. The number of hydrogen-bond donors (Lipinski definition) is 1. The molecule has 0 spiro atoms. The van der Waals surface area contributed by atoms with E-state index in [0.717, 1.165) is 5.56 Å². The van der Waals surface area contributed by atoms with E-state index in [1.54, 1.807) is 27.2 Å². The molecular formula is C15H20O4. The van der Waals surface area contributed by atoms with Gasteiger partial charge in [-0.3, -0.25) is 0 Å². The summed E-state index contributed by atoms with van der Waals surface area (Å²) in [7, 11) is 3.14. The van der Waals surface area contributed by atoms with Crippen LogP contribution in [0.1, 0.15) is 38.0 Å². The van der Waals surface area contributed by atoms with E-state index in [4.69, 9.17) is 14.2 Å². The van der Waals surface area contributed by atoms with Gasteiger partial charge < -0.3 is 19.3 Å². The minimum Gasteiger partial charge on any atom is -0.496 e. The van der Waals surface area contributed by atoms with E-state index >= 15 is 0 Å².